The lowest BCUT2D eigenvalue weighted by atomic mass is 9.98. The molecule has 0 bridgehead atoms. The summed E-state index contributed by atoms with van der Waals surface area (Å²) in [5.74, 6) is -4.62. The molecule has 0 aliphatic rings. The second-order valence-electron chi connectivity index (χ2n) is 5.82. The first-order valence-electron chi connectivity index (χ1n) is 7.58. The molecule has 0 atom stereocenters. The first-order valence-corrected chi connectivity index (χ1v) is 7.58. The van der Waals surface area contributed by atoms with Gasteiger partial charge >= 0.3 is 0 Å². The Morgan fingerprint density at radius 1 is 1.08 bits per heavy atom. The fourth-order valence-electron chi connectivity index (χ4n) is 2.40. The number of hydrogen-bond donors (Lipinski definition) is 2. The third-order valence-corrected chi connectivity index (χ3v) is 3.66. The Hall–Kier alpha value is -2.50. The molecule has 0 spiro atoms. The Bertz CT molecular complexity index is 760. The van der Waals surface area contributed by atoms with Gasteiger partial charge in [0.1, 0.15) is 0 Å². The molecule has 24 heavy (non-hydrogen) atoms. The van der Waals surface area contributed by atoms with Crippen LogP contribution in [-0.2, 0) is 4.79 Å². The number of aryl methyl sites for hydroxylation is 1. The fraction of sp³-hybridized carbons (Fsp3) is 0.278. The van der Waals surface area contributed by atoms with E-state index >= 15 is 0 Å². The molecule has 0 radical (unpaired) electrons. The van der Waals surface area contributed by atoms with Gasteiger partial charge in [-0.25, -0.2) is 13.2 Å². The van der Waals surface area contributed by atoms with Gasteiger partial charge in [0.25, 0.3) is 0 Å². The molecule has 2 aromatic carbocycles. The Kier molecular flexibility index (Phi) is 5.49. The van der Waals surface area contributed by atoms with Crippen molar-refractivity contribution in [1.82, 2.24) is 0 Å². The van der Waals surface area contributed by atoms with Crippen molar-refractivity contribution in [3.05, 3.63) is 58.9 Å². The van der Waals surface area contributed by atoms with Gasteiger partial charge in [0, 0.05) is 5.69 Å². The van der Waals surface area contributed by atoms with Gasteiger partial charge in [-0.05, 0) is 36.1 Å². The Morgan fingerprint density at radius 2 is 1.79 bits per heavy atom. The molecule has 0 heterocycles. The van der Waals surface area contributed by atoms with Crippen molar-refractivity contribution in [1.29, 1.82) is 0 Å². The largest absolute Gasteiger partial charge is 0.376 e. The minimum absolute atomic E-state index is 0.122. The molecule has 2 rings (SSSR count). The lowest BCUT2D eigenvalue weighted by Crippen LogP contribution is -2.23. The number of carbonyl (C=O) groups is 1. The summed E-state index contributed by atoms with van der Waals surface area (Å²) in [4.78, 5) is 12.0. The molecule has 2 aromatic rings. The number of carbonyl (C=O) groups excluding carboxylic acids is 1. The van der Waals surface area contributed by atoms with Gasteiger partial charge in [0.05, 0.1) is 12.2 Å². The smallest absolute Gasteiger partial charge is 0.243 e. The van der Waals surface area contributed by atoms with Crippen molar-refractivity contribution in [3.8, 4) is 0 Å². The topological polar surface area (TPSA) is 41.1 Å². The predicted molar refractivity (Wildman–Crippen MR) is 88.7 cm³/mol. The van der Waals surface area contributed by atoms with E-state index in [9.17, 15) is 18.0 Å². The summed E-state index contributed by atoms with van der Waals surface area (Å²) in [6, 6.07) is 7.57. The highest BCUT2D eigenvalue weighted by Crippen LogP contribution is 2.27. The molecule has 1 amide bonds. The molecule has 0 aliphatic carbocycles. The van der Waals surface area contributed by atoms with Gasteiger partial charge in [0.2, 0.25) is 5.91 Å². The number of rotatable bonds is 5. The summed E-state index contributed by atoms with van der Waals surface area (Å²) >= 11 is 0. The van der Waals surface area contributed by atoms with Crippen molar-refractivity contribution in [2.45, 2.75) is 26.7 Å². The summed E-state index contributed by atoms with van der Waals surface area (Å²) in [6.45, 7) is 5.87. The molecule has 0 aromatic heterocycles. The number of halogens is 3. The van der Waals surface area contributed by atoms with E-state index < -0.39 is 29.0 Å². The summed E-state index contributed by atoms with van der Waals surface area (Å²) in [5, 5.41) is 5.26. The summed E-state index contributed by atoms with van der Waals surface area (Å²) in [7, 11) is 0. The number of nitrogens with one attached hydrogen (secondary N) is 2. The molecular weight excluding hydrogens is 317 g/mol. The number of benzene rings is 2. The predicted octanol–water partition coefficient (Wildman–Crippen LogP) is 4.59. The Labute approximate surface area is 138 Å². The van der Waals surface area contributed by atoms with Crippen molar-refractivity contribution < 1.29 is 18.0 Å². The lowest BCUT2D eigenvalue weighted by Gasteiger charge is -2.17. The monoisotopic (exact) mass is 336 g/mol. The minimum atomic E-state index is -1.61. The van der Waals surface area contributed by atoms with E-state index in [1.54, 1.807) is 0 Å². The molecule has 0 saturated carbocycles. The maximum Gasteiger partial charge on any atom is 0.243 e. The number of anilines is 2. The third kappa shape index (κ3) is 3.88. The van der Waals surface area contributed by atoms with E-state index in [0.29, 0.717) is 0 Å². The zero-order chi connectivity index (χ0) is 17.9. The molecule has 0 saturated heterocycles. The van der Waals surface area contributed by atoms with Crippen LogP contribution >= 0.6 is 0 Å². The Morgan fingerprint density at radius 3 is 2.46 bits per heavy atom. The van der Waals surface area contributed by atoms with Crippen LogP contribution in [-0.4, -0.2) is 12.5 Å². The number of amides is 1. The van der Waals surface area contributed by atoms with Crippen LogP contribution in [0.3, 0.4) is 0 Å². The van der Waals surface area contributed by atoms with Crippen LogP contribution < -0.4 is 10.6 Å². The summed E-state index contributed by atoms with van der Waals surface area (Å²) < 4.78 is 39.6. The Balaban J connectivity index is 2.09. The van der Waals surface area contributed by atoms with Crippen LogP contribution in [0.15, 0.2) is 30.3 Å². The van der Waals surface area contributed by atoms with E-state index in [0.717, 1.165) is 28.9 Å². The van der Waals surface area contributed by atoms with Crippen molar-refractivity contribution in [2.24, 2.45) is 0 Å². The SMILES string of the molecule is Cc1cccc(C(C)C)c1NCC(=O)Nc1ccc(F)c(F)c1F. The van der Waals surface area contributed by atoms with E-state index in [-0.39, 0.29) is 12.5 Å². The summed E-state index contributed by atoms with van der Waals surface area (Å²) in [6.07, 6.45) is 0. The van der Waals surface area contributed by atoms with Gasteiger partial charge in [-0.2, -0.15) is 0 Å². The molecule has 3 nitrogen and oxygen atoms in total. The van der Waals surface area contributed by atoms with Crippen molar-refractivity contribution in [3.63, 3.8) is 0 Å². The standard InChI is InChI=1S/C18H19F3N2O/c1-10(2)12-6-4-5-11(3)18(12)22-9-15(24)23-14-8-7-13(19)16(20)17(14)21/h4-8,10,22H,9H2,1-3H3,(H,23,24). The highest BCUT2D eigenvalue weighted by Gasteiger charge is 2.16. The molecular formula is C18H19F3N2O. The average Bonchev–Trinajstić information content (AvgIpc) is 2.54. The highest BCUT2D eigenvalue weighted by atomic mass is 19.2. The van der Waals surface area contributed by atoms with Gasteiger partial charge in [-0.15, -0.1) is 0 Å². The van der Waals surface area contributed by atoms with Gasteiger partial charge < -0.3 is 10.6 Å². The third-order valence-electron chi connectivity index (χ3n) is 3.66. The first kappa shape index (κ1) is 17.8. The number of hydrogen-bond acceptors (Lipinski definition) is 2. The zero-order valence-corrected chi connectivity index (χ0v) is 13.7. The van der Waals surface area contributed by atoms with Crippen molar-refractivity contribution >= 4 is 17.3 Å². The fourth-order valence-corrected chi connectivity index (χ4v) is 2.40. The van der Waals surface area contributed by atoms with E-state index in [1.165, 1.54) is 0 Å². The number of para-hydroxylation sites is 1. The van der Waals surface area contributed by atoms with E-state index in [2.05, 4.69) is 10.6 Å². The molecule has 0 unspecified atom stereocenters. The maximum absolute atomic E-state index is 13.6. The highest BCUT2D eigenvalue weighted by molar-refractivity contribution is 5.94. The van der Waals surface area contributed by atoms with E-state index in [4.69, 9.17) is 0 Å². The minimum Gasteiger partial charge on any atom is -0.376 e. The van der Waals surface area contributed by atoms with Crippen LogP contribution in [0.5, 0.6) is 0 Å². The second kappa shape index (κ2) is 7.38. The average molecular weight is 336 g/mol. The molecule has 0 fully saturated rings. The zero-order valence-electron chi connectivity index (χ0n) is 13.7. The van der Waals surface area contributed by atoms with Gasteiger partial charge in [-0.1, -0.05) is 32.0 Å². The second-order valence-corrected chi connectivity index (χ2v) is 5.82. The quantitative estimate of drug-likeness (QED) is 0.784. The normalized spacial score (nSPS) is 10.8. The first-order chi connectivity index (χ1) is 11.3. The molecule has 0 aliphatic heterocycles. The maximum atomic E-state index is 13.6. The van der Waals surface area contributed by atoms with Crippen molar-refractivity contribution in [2.75, 3.05) is 17.2 Å². The van der Waals surface area contributed by atoms with Crippen LogP contribution in [0.2, 0.25) is 0 Å². The molecule has 6 heteroatoms. The van der Waals surface area contributed by atoms with E-state index in [1.807, 2.05) is 39.0 Å². The van der Waals surface area contributed by atoms with Crippen LogP contribution in [0.4, 0.5) is 24.5 Å². The van der Waals surface area contributed by atoms with Gasteiger partial charge in [-0.3, -0.25) is 4.79 Å². The lowest BCUT2D eigenvalue weighted by molar-refractivity contribution is -0.114. The molecule has 2 N–H and O–H groups in total. The van der Waals surface area contributed by atoms with Crippen LogP contribution in [0.1, 0.15) is 30.9 Å². The summed E-state index contributed by atoms with van der Waals surface area (Å²) in [5.41, 5.74) is 2.48. The van der Waals surface area contributed by atoms with Gasteiger partial charge in [0.15, 0.2) is 17.5 Å². The van der Waals surface area contributed by atoms with Crippen LogP contribution in [0.25, 0.3) is 0 Å². The molecule has 128 valence electrons. The van der Waals surface area contributed by atoms with Crippen LogP contribution in [0, 0.1) is 24.4 Å².